The summed E-state index contributed by atoms with van der Waals surface area (Å²) in [6.07, 6.45) is 0.582. The number of nitrogens with zero attached hydrogens (tertiary/aromatic N) is 2. The Morgan fingerprint density at radius 1 is 1.26 bits per heavy atom. The maximum atomic E-state index is 13.7. The van der Waals surface area contributed by atoms with E-state index in [-0.39, 0.29) is 5.58 Å². The summed E-state index contributed by atoms with van der Waals surface area (Å²) in [4.78, 5) is 17.5. The molecule has 1 aromatic heterocycles. The van der Waals surface area contributed by atoms with E-state index in [9.17, 15) is 14.3 Å². The summed E-state index contributed by atoms with van der Waals surface area (Å²) >= 11 is 0. The molecule has 0 atom stereocenters. The molecule has 6 heteroatoms. The molecule has 0 aliphatic carbocycles. The number of carbonyl (C=O) groups is 1. The Morgan fingerprint density at radius 3 is 2.87 bits per heavy atom. The maximum Gasteiger partial charge on any atom is 0.335 e. The topological polar surface area (TPSA) is 66.6 Å². The third kappa shape index (κ3) is 2.23. The standard InChI is InChI=1S/C17H13FN2O3/c18-13-5-2-6-14-15(13)23-17(19-14)20-8-7-11-10(9-20)3-1-4-12(11)16(21)22/h1-6H,7-9H2,(H,21,22). The predicted octanol–water partition coefficient (Wildman–Crippen LogP) is 3.23. The number of hydrogen-bond acceptors (Lipinski definition) is 4. The molecule has 23 heavy (non-hydrogen) atoms. The number of rotatable bonds is 2. The third-order valence-corrected chi connectivity index (χ3v) is 4.12. The van der Waals surface area contributed by atoms with Crippen molar-refractivity contribution in [2.75, 3.05) is 11.4 Å². The molecule has 5 nitrogen and oxygen atoms in total. The maximum absolute atomic E-state index is 13.7. The molecule has 2 aromatic carbocycles. The van der Waals surface area contributed by atoms with Gasteiger partial charge in [-0.15, -0.1) is 0 Å². The minimum absolute atomic E-state index is 0.146. The molecule has 0 unspecified atom stereocenters. The van der Waals surface area contributed by atoms with E-state index in [1.807, 2.05) is 11.0 Å². The smallest absolute Gasteiger partial charge is 0.335 e. The molecular formula is C17H13FN2O3. The summed E-state index contributed by atoms with van der Waals surface area (Å²) in [5, 5.41) is 9.26. The monoisotopic (exact) mass is 312 g/mol. The number of hydrogen-bond donors (Lipinski definition) is 1. The average Bonchev–Trinajstić information content (AvgIpc) is 2.99. The van der Waals surface area contributed by atoms with Gasteiger partial charge in [-0.25, -0.2) is 9.18 Å². The van der Waals surface area contributed by atoms with Crippen molar-refractivity contribution in [1.29, 1.82) is 0 Å². The lowest BCUT2D eigenvalue weighted by atomic mass is 9.95. The summed E-state index contributed by atoms with van der Waals surface area (Å²) in [6.45, 7) is 1.07. The van der Waals surface area contributed by atoms with Crippen molar-refractivity contribution in [3.8, 4) is 0 Å². The first-order chi connectivity index (χ1) is 11.1. The fourth-order valence-electron chi connectivity index (χ4n) is 3.01. The van der Waals surface area contributed by atoms with E-state index < -0.39 is 11.8 Å². The molecular weight excluding hydrogens is 299 g/mol. The molecule has 0 fully saturated rings. The molecule has 0 spiro atoms. The average molecular weight is 312 g/mol. The molecule has 4 rings (SSSR count). The van der Waals surface area contributed by atoms with Gasteiger partial charge in [0.2, 0.25) is 0 Å². The number of halogens is 1. The molecule has 0 amide bonds. The quantitative estimate of drug-likeness (QED) is 0.787. The van der Waals surface area contributed by atoms with Gasteiger partial charge in [0.15, 0.2) is 11.4 Å². The van der Waals surface area contributed by atoms with Crippen LogP contribution in [0, 0.1) is 5.82 Å². The molecule has 2 heterocycles. The third-order valence-electron chi connectivity index (χ3n) is 4.12. The van der Waals surface area contributed by atoms with Crippen LogP contribution >= 0.6 is 0 Å². The summed E-state index contributed by atoms with van der Waals surface area (Å²) in [5.41, 5.74) is 2.74. The first-order valence-electron chi connectivity index (χ1n) is 7.27. The molecule has 0 saturated heterocycles. The highest BCUT2D eigenvalue weighted by molar-refractivity contribution is 5.90. The van der Waals surface area contributed by atoms with Crippen molar-refractivity contribution < 1.29 is 18.7 Å². The van der Waals surface area contributed by atoms with Crippen LogP contribution in [0.2, 0.25) is 0 Å². The van der Waals surface area contributed by atoms with Crippen LogP contribution in [0.4, 0.5) is 10.4 Å². The van der Waals surface area contributed by atoms with Crippen molar-refractivity contribution >= 4 is 23.1 Å². The van der Waals surface area contributed by atoms with E-state index in [1.165, 1.54) is 6.07 Å². The van der Waals surface area contributed by atoms with E-state index in [2.05, 4.69) is 4.98 Å². The Morgan fingerprint density at radius 2 is 2.09 bits per heavy atom. The lowest BCUT2D eigenvalue weighted by Gasteiger charge is -2.28. The Hall–Kier alpha value is -2.89. The number of carboxylic acid groups (broad SMARTS) is 1. The van der Waals surface area contributed by atoms with Crippen molar-refractivity contribution in [2.24, 2.45) is 0 Å². The van der Waals surface area contributed by atoms with Gasteiger partial charge < -0.3 is 14.4 Å². The Bertz CT molecular complexity index is 919. The normalized spacial score (nSPS) is 14.0. The highest BCUT2D eigenvalue weighted by Crippen LogP contribution is 2.29. The van der Waals surface area contributed by atoms with Gasteiger partial charge in [-0.3, -0.25) is 0 Å². The predicted molar refractivity (Wildman–Crippen MR) is 82.1 cm³/mol. The van der Waals surface area contributed by atoms with E-state index in [0.29, 0.717) is 36.6 Å². The summed E-state index contributed by atoms with van der Waals surface area (Å²) in [6, 6.07) is 10.2. The molecule has 1 aliphatic heterocycles. The zero-order valence-corrected chi connectivity index (χ0v) is 12.1. The van der Waals surface area contributed by atoms with Gasteiger partial charge in [0.25, 0.3) is 6.01 Å². The van der Waals surface area contributed by atoms with Crippen LogP contribution in [-0.2, 0) is 13.0 Å². The minimum Gasteiger partial charge on any atom is -0.478 e. The first-order valence-corrected chi connectivity index (χ1v) is 7.27. The SMILES string of the molecule is O=C(O)c1cccc2c1CCN(c1nc3cccc(F)c3o1)C2. The zero-order chi connectivity index (χ0) is 16.0. The Labute approximate surface area is 131 Å². The largest absolute Gasteiger partial charge is 0.478 e. The number of para-hydroxylation sites is 1. The molecule has 1 aliphatic rings. The fourth-order valence-corrected chi connectivity index (χ4v) is 3.01. The van der Waals surface area contributed by atoms with Crippen LogP contribution in [0.1, 0.15) is 21.5 Å². The molecule has 1 N–H and O–H groups in total. The fraction of sp³-hybridized carbons (Fsp3) is 0.176. The molecule has 0 bridgehead atoms. The highest BCUT2D eigenvalue weighted by atomic mass is 19.1. The van der Waals surface area contributed by atoms with Gasteiger partial charge in [0.1, 0.15) is 5.52 Å². The lowest BCUT2D eigenvalue weighted by molar-refractivity contribution is 0.0695. The van der Waals surface area contributed by atoms with Gasteiger partial charge in [0, 0.05) is 13.1 Å². The number of benzene rings is 2. The number of oxazole rings is 1. The summed E-state index contributed by atoms with van der Waals surface area (Å²) < 4.78 is 19.3. The first kappa shape index (κ1) is 13.8. The molecule has 3 aromatic rings. The van der Waals surface area contributed by atoms with Gasteiger partial charge in [-0.05, 0) is 35.7 Å². The molecule has 116 valence electrons. The van der Waals surface area contributed by atoms with Crippen LogP contribution < -0.4 is 4.90 Å². The van der Waals surface area contributed by atoms with Gasteiger partial charge in [-0.2, -0.15) is 4.98 Å². The second-order valence-electron chi connectivity index (χ2n) is 5.50. The summed E-state index contributed by atoms with van der Waals surface area (Å²) in [5.74, 6) is -1.36. The number of carboxylic acids is 1. The lowest BCUT2D eigenvalue weighted by Crippen LogP contribution is -2.31. The van der Waals surface area contributed by atoms with Crippen molar-refractivity contribution in [2.45, 2.75) is 13.0 Å². The van der Waals surface area contributed by atoms with E-state index in [4.69, 9.17) is 4.42 Å². The number of aromatic nitrogens is 1. The van der Waals surface area contributed by atoms with Gasteiger partial charge in [0.05, 0.1) is 5.56 Å². The van der Waals surface area contributed by atoms with Gasteiger partial charge >= 0.3 is 5.97 Å². The number of anilines is 1. The highest BCUT2D eigenvalue weighted by Gasteiger charge is 2.24. The number of fused-ring (bicyclic) bond motifs is 2. The van der Waals surface area contributed by atoms with E-state index >= 15 is 0 Å². The van der Waals surface area contributed by atoms with Gasteiger partial charge in [-0.1, -0.05) is 18.2 Å². The van der Waals surface area contributed by atoms with Crippen LogP contribution in [0.5, 0.6) is 0 Å². The molecule has 0 radical (unpaired) electrons. The Kier molecular flexibility index (Phi) is 3.04. The Balaban J connectivity index is 1.71. The van der Waals surface area contributed by atoms with Crippen LogP contribution in [0.3, 0.4) is 0 Å². The van der Waals surface area contributed by atoms with Crippen LogP contribution in [0.15, 0.2) is 40.8 Å². The number of aromatic carboxylic acids is 1. The molecule has 0 saturated carbocycles. The van der Waals surface area contributed by atoms with Crippen molar-refractivity contribution in [3.05, 3.63) is 58.9 Å². The summed E-state index contributed by atoms with van der Waals surface area (Å²) in [7, 11) is 0. The van der Waals surface area contributed by atoms with E-state index in [0.717, 1.165) is 11.1 Å². The second-order valence-corrected chi connectivity index (χ2v) is 5.50. The van der Waals surface area contributed by atoms with Crippen molar-refractivity contribution in [1.82, 2.24) is 4.98 Å². The zero-order valence-electron chi connectivity index (χ0n) is 12.1. The second kappa shape index (κ2) is 5.08. The van der Waals surface area contributed by atoms with Crippen LogP contribution in [0.25, 0.3) is 11.1 Å². The van der Waals surface area contributed by atoms with Crippen LogP contribution in [-0.4, -0.2) is 22.6 Å². The minimum atomic E-state index is -0.917. The van der Waals surface area contributed by atoms with E-state index in [1.54, 1.807) is 24.3 Å². The van der Waals surface area contributed by atoms with Crippen molar-refractivity contribution in [3.63, 3.8) is 0 Å².